The molecule has 1 unspecified atom stereocenters. The third kappa shape index (κ3) is 3.58. The highest BCUT2D eigenvalue weighted by molar-refractivity contribution is 9.10. The Kier molecular flexibility index (Phi) is 4.61. The van der Waals surface area contributed by atoms with Crippen LogP contribution in [-0.2, 0) is 11.2 Å². The molecule has 0 amide bonds. The van der Waals surface area contributed by atoms with Gasteiger partial charge in [0.05, 0.1) is 5.92 Å². The van der Waals surface area contributed by atoms with Crippen LogP contribution < -0.4 is 0 Å². The Morgan fingerprint density at radius 3 is 2.58 bits per heavy atom. The number of carboxylic acid groups (broad SMARTS) is 1. The molecule has 0 heterocycles. The minimum Gasteiger partial charge on any atom is -0.481 e. The highest BCUT2D eigenvalue weighted by atomic mass is 79.9. The Labute approximate surface area is 125 Å². The van der Waals surface area contributed by atoms with E-state index >= 15 is 0 Å². The lowest BCUT2D eigenvalue weighted by atomic mass is 9.92. The maximum Gasteiger partial charge on any atom is 0.311 e. The van der Waals surface area contributed by atoms with E-state index in [1.54, 1.807) is 6.07 Å². The molecule has 19 heavy (non-hydrogen) atoms. The smallest absolute Gasteiger partial charge is 0.311 e. The summed E-state index contributed by atoms with van der Waals surface area (Å²) in [6.45, 7) is 0. The van der Waals surface area contributed by atoms with E-state index in [1.165, 1.54) is 0 Å². The summed E-state index contributed by atoms with van der Waals surface area (Å²) in [6.07, 6.45) is 0.380. The van der Waals surface area contributed by atoms with Gasteiger partial charge in [-0.05, 0) is 35.7 Å². The van der Waals surface area contributed by atoms with E-state index in [1.807, 2.05) is 42.5 Å². The Balaban J connectivity index is 2.32. The van der Waals surface area contributed by atoms with Crippen molar-refractivity contribution < 1.29 is 9.90 Å². The molecule has 0 saturated heterocycles. The second-order valence-electron chi connectivity index (χ2n) is 4.24. The van der Waals surface area contributed by atoms with Crippen molar-refractivity contribution in [1.82, 2.24) is 0 Å². The van der Waals surface area contributed by atoms with E-state index in [2.05, 4.69) is 15.9 Å². The predicted molar refractivity (Wildman–Crippen MR) is 79.7 cm³/mol. The molecule has 1 N–H and O–H groups in total. The first kappa shape index (κ1) is 14.1. The van der Waals surface area contributed by atoms with E-state index in [-0.39, 0.29) is 0 Å². The van der Waals surface area contributed by atoms with Crippen LogP contribution in [0.2, 0.25) is 5.02 Å². The Bertz CT molecular complexity index is 598. The fraction of sp³-hybridized carbons (Fsp3) is 0.133. The van der Waals surface area contributed by atoms with Gasteiger partial charge in [-0.1, -0.05) is 57.9 Å². The number of halogens is 2. The lowest BCUT2D eigenvalue weighted by molar-refractivity contribution is -0.138. The van der Waals surface area contributed by atoms with Crippen molar-refractivity contribution in [2.24, 2.45) is 0 Å². The van der Waals surface area contributed by atoms with Crippen molar-refractivity contribution in [1.29, 1.82) is 0 Å². The van der Waals surface area contributed by atoms with Crippen molar-refractivity contribution in [3.05, 3.63) is 69.2 Å². The summed E-state index contributed by atoms with van der Waals surface area (Å²) in [6, 6.07) is 14.7. The summed E-state index contributed by atoms with van der Waals surface area (Å²) in [4.78, 5) is 11.5. The van der Waals surface area contributed by atoms with Gasteiger partial charge in [0.15, 0.2) is 0 Å². The van der Waals surface area contributed by atoms with Crippen LogP contribution in [0.15, 0.2) is 53.0 Å². The molecule has 0 spiro atoms. The first-order chi connectivity index (χ1) is 9.08. The van der Waals surface area contributed by atoms with Gasteiger partial charge in [0, 0.05) is 9.50 Å². The van der Waals surface area contributed by atoms with Gasteiger partial charge in [-0.3, -0.25) is 4.79 Å². The van der Waals surface area contributed by atoms with Crippen LogP contribution in [0.5, 0.6) is 0 Å². The fourth-order valence-corrected chi connectivity index (χ4v) is 2.58. The van der Waals surface area contributed by atoms with Crippen molar-refractivity contribution >= 4 is 33.5 Å². The standard InChI is InChI=1S/C15H12BrClO2/c16-12-6-3-5-10(8-12)13(15(18)19)9-11-4-1-2-7-14(11)17/h1-8,13H,9H2,(H,18,19). The molecule has 1 atom stereocenters. The zero-order valence-corrected chi connectivity index (χ0v) is 12.4. The summed E-state index contributed by atoms with van der Waals surface area (Å²) >= 11 is 9.45. The molecule has 0 bridgehead atoms. The molecule has 2 aromatic carbocycles. The molecule has 0 radical (unpaired) electrons. The van der Waals surface area contributed by atoms with Gasteiger partial charge in [-0.2, -0.15) is 0 Å². The van der Waals surface area contributed by atoms with Crippen LogP contribution in [0, 0.1) is 0 Å². The minimum atomic E-state index is -0.849. The highest BCUT2D eigenvalue weighted by Crippen LogP contribution is 2.27. The van der Waals surface area contributed by atoms with Gasteiger partial charge in [0.2, 0.25) is 0 Å². The minimum absolute atomic E-state index is 0.380. The molecular weight excluding hydrogens is 328 g/mol. The zero-order valence-electron chi connectivity index (χ0n) is 10.0. The number of aliphatic carboxylic acids is 1. The molecule has 4 heteroatoms. The SMILES string of the molecule is O=C(O)C(Cc1ccccc1Cl)c1cccc(Br)c1. The largest absolute Gasteiger partial charge is 0.481 e. The average Bonchev–Trinajstić information content (AvgIpc) is 2.37. The molecule has 0 fully saturated rings. The molecular formula is C15H12BrClO2. The first-order valence-corrected chi connectivity index (χ1v) is 6.96. The molecule has 0 aliphatic rings. The monoisotopic (exact) mass is 338 g/mol. The van der Waals surface area contributed by atoms with Crippen LogP contribution in [0.3, 0.4) is 0 Å². The summed E-state index contributed by atoms with van der Waals surface area (Å²) in [7, 11) is 0. The predicted octanol–water partition coefficient (Wildman–Crippen LogP) is 4.51. The topological polar surface area (TPSA) is 37.3 Å². The van der Waals surface area contributed by atoms with E-state index in [0.29, 0.717) is 11.4 Å². The quantitative estimate of drug-likeness (QED) is 0.889. The van der Waals surface area contributed by atoms with E-state index in [0.717, 1.165) is 15.6 Å². The van der Waals surface area contributed by atoms with Gasteiger partial charge in [0.1, 0.15) is 0 Å². The number of benzene rings is 2. The van der Waals surface area contributed by atoms with Crippen LogP contribution in [0.4, 0.5) is 0 Å². The Hall–Kier alpha value is -1.32. The second-order valence-corrected chi connectivity index (χ2v) is 5.56. The van der Waals surface area contributed by atoms with Crippen LogP contribution in [0.25, 0.3) is 0 Å². The van der Waals surface area contributed by atoms with Crippen molar-refractivity contribution in [2.75, 3.05) is 0 Å². The lowest BCUT2D eigenvalue weighted by Gasteiger charge is -2.14. The highest BCUT2D eigenvalue weighted by Gasteiger charge is 2.21. The van der Waals surface area contributed by atoms with E-state index in [4.69, 9.17) is 11.6 Å². The molecule has 0 aromatic heterocycles. The van der Waals surface area contributed by atoms with Crippen LogP contribution in [-0.4, -0.2) is 11.1 Å². The molecule has 0 saturated carbocycles. The molecule has 98 valence electrons. The number of hydrogen-bond donors (Lipinski definition) is 1. The molecule has 0 aliphatic heterocycles. The Morgan fingerprint density at radius 1 is 1.21 bits per heavy atom. The average molecular weight is 340 g/mol. The maximum atomic E-state index is 11.5. The number of carbonyl (C=O) groups is 1. The second kappa shape index (κ2) is 6.22. The summed E-state index contributed by atoms with van der Waals surface area (Å²) in [5, 5.41) is 10.0. The molecule has 0 aliphatic carbocycles. The van der Waals surface area contributed by atoms with Gasteiger partial charge in [0.25, 0.3) is 0 Å². The summed E-state index contributed by atoms with van der Waals surface area (Å²) in [5.74, 6) is -1.45. The van der Waals surface area contributed by atoms with Gasteiger partial charge < -0.3 is 5.11 Å². The van der Waals surface area contributed by atoms with Crippen LogP contribution in [0.1, 0.15) is 17.0 Å². The number of rotatable bonds is 4. The fourth-order valence-electron chi connectivity index (χ4n) is 1.95. The summed E-state index contributed by atoms with van der Waals surface area (Å²) in [5.41, 5.74) is 1.61. The normalized spacial score (nSPS) is 12.1. The lowest BCUT2D eigenvalue weighted by Crippen LogP contribution is -2.14. The van der Waals surface area contributed by atoms with Crippen molar-refractivity contribution in [2.45, 2.75) is 12.3 Å². The molecule has 2 nitrogen and oxygen atoms in total. The van der Waals surface area contributed by atoms with Gasteiger partial charge >= 0.3 is 5.97 Å². The zero-order chi connectivity index (χ0) is 13.8. The van der Waals surface area contributed by atoms with E-state index in [9.17, 15) is 9.90 Å². The molecule has 2 aromatic rings. The van der Waals surface area contributed by atoms with Crippen molar-refractivity contribution in [3.8, 4) is 0 Å². The van der Waals surface area contributed by atoms with E-state index < -0.39 is 11.9 Å². The maximum absolute atomic E-state index is 11.5. The number of hydrogen-bond acceptors (Lipinski definition) is 1. The molecule has 2 rings (SSSR count). The summed E-state index contributed by atoms with van der Waals surface area (Å²) < 4.78 is 0.871. The van der Waals surface area contributed by atoms with Gasteiger partial charge in [-0.15, -0.1) is 0 Å². The first-order valence-electron chi connectivity index (χ1n) is 5.79. The number of carboxylic acids is 1. The van der Waals surface area contributed by atoms with Crippen molar-refractivity contribution in [3.63, 3.8) is 0 Å². The third-order valence-electron chi connectivity index (χ3n) is 2.93. The third-order valence-corrected chi connectivity index (χ3v) is 3.79. The Morgan fingerprint density at radius 2 is 1.95 bits per heavy atom. The van der Waals surface area contributed by atoms with Crippen LogP contribution >= 0.6 is 27.5 Å². The van der Waals surface area contributed by atoms with Gasteiger partial charge in [-0.25, -0.2) is 0 Å².